The Morgan fingerprint density at radius 3 is 2.41 bits per heavy atom. The summed E-state index contributed by atoms with van der Waals surface area (Å²) in [4.78, 5) is 0.985. The molecule has 0 aliphatic rings. The molecule has 0 saturated heterocycles. The molecule has 0 aliphatic heterocycles. The molecule has 4 heteroatoms. The van der Waals surface area contributed by atoms with E-state index in [1.54, 1.807) is 0 Å². The first-order valence-corrected chi connectivity index (χ1v) is 8.22. The van der Waals surface area contributed by atoms with E-state index < -0.39 is 9.62 Å². The standard InChI is InChI=1S/C13H13IN2S/c1-17(15,13-8-3-2-4-9-13)16-12-7-5-6-11(14)10-12/h2-10,15H,1H3. The number of hydrogen-bond acceptors (Lipinski definition) is 2. The van der Waals surface area contributed by atoms with Crippen LogP contribution in [0.25, 0.3) is 0 Å². The third kappa shape index (κ3) is 3.29. The van der Waals surface area contributed by atoms with Gasteiger partial charge in [-0.05, 0) is 62.5 Å². The Bertz CT molecular complexity index is 629. The molecule has 0 radical (unpaired) electrons. The maximum atomic E-state index is 8.39. The largest absolute Gasteiger partial charge is 0.266 e. The van der Waals surface area contributed by atoms with Gasteiger partial charge in [-0.15, -0.1) is 0 Å². The van der Waals surface area contributed by atoms with Gasteiger partial charge in [0.05, 0.1) is 5.69 Å². The Hall–Kier alpha value is -0.880. The molecule has 0 saturated carbocycles. The van der Waals surface area contributed by atoms with Gasteiger partial charge in [-0.2, -0.15) is 0 Å². The fraction of sp³-hybridized carbons (Fsp3) is 0.0769. The average Bonchev–Trinajstić information content (AvgIpc) is 2.29. The molecule has 2 aromatic carbocycles. The van der Waals surface area contributed by atoms with Crippen molar-refractivity contribution in [1.29, 1.82) is 4.78 Å². The molecule has 0 amide bonds. The molecular formula is C13H13IN2S. The smallest absolute Gasteiger partial charge is 0.0727 e. The molecule has 0 heterocycles. The van der Waals surface area contributed by atoms with Crippen molar-refractivity contribution in [1.82, 2.24) is 0 Å². The van der Waals surface area contributed by atoms with Crippen molar-refractivity contribution in [2.75, 3.05) is 6.26 Å². The van der Waals surface area contributed by atoms with Gasteiger partial charge in [0.1, 0.15) is 0 Å². The Labute approximate surface area is 116 Å². The molecule has 0 fully saturated rings. The summed E-state index contributed by atoms with van der Waals surface area (Å²) in [5.41, 5.74) is 0.883. The molecular weight excluding hydrogens is 343 g/mol. The first-order chi connectivity index (χ1) is 8.08. The Balaban J connectivity index is 2.49. The lowest BCUT2D eigenvalue weighted by molar-refractivity contribution is 1.39. The zero-order chi connectivity index (χ0) is 12.3. The summed E-state index contributed by atoms with van der Waals surface area (Å²) in [5, 5.41) is 0. The van der Waals surface area contributed by atoms with Crippen LogP contribution >= 0.6 is 22.6 Å². The highest BCUT2D eigenvalue weighted by Crippen LogP contribution is 2.21. The van der Waals surface area contributed by atoms with Gasteiger partial charge in [0.2, 0.25) is 0 Å². The quantitative estimate of drug-likeness (QED) is 0.757. The number of halogens is 1. The molecule has 0 aliphatic carbocycles. The fourth-order valence-corrected chi connectivity index (χ4v) is 3.34. The molecule has 0 bridgehead atoms. The van der Waals surface area contributed by atoms with Crippen LogP contribution in [0.3, 0.4) is 0 Å². The van der Waals surface area contributed by atoms with Crippen molar-refractivity contribution in [3.63, 3.8) is 0 Å². The number of rotatable bonds is 2. The van der Waals surface area contributed by atoms with Gasteiger partial charge in [-0.25, -0.2) is 4.36 Å². The molecule has 1 atom stereocenters. The van der Waals surface area contributed by atoms with Gasteiger partial charge in [-0.3, -0.25) is 4.78 Å². The topological polar surface area (TPSA) is 36.2 Å². The van der Waals surface area contributed by atoms with Gasteiger partial charge in [0, 0.05) is 14.7 Å². The summed E-state index contributed by atoms with van der Waals surface area (Å²) < 4.78 is 14.1. The minimum atomic E-state index is -1.86. The Morgan fingerprint density at radius 1 is 1.06 bits per heavy atom. The first kappa shape index (κ1) is 12.6. The predicted octanol–water partition coefficient (Wildman–Crippen LogP) is 4.71. The Morgan fingerprint density at radius 2 is 1.76 bits per heavy atom. The van der Waals surface area contributed by atoms with Crippen molar-refractivity contribution in [2.24, 2.45) is 4.36 Å². The molecule has 17 heavy (non-hydrogen) atoms. The first-order valence-electron chi connectivity index (χ1n) is 5.14. The SMILES string of the molecule is CS(=N)(=Nc1cccc(I)c1)c1ccccc1. The zero-order valence-corrected chi connectivity index (χ0v) is 12.4. The summed E-state index contributed by atoms with van der Waals surface area (Å²) in [5.74, 6) is 0. The molecule has 1 unspecified atom stereocenters. The molecule has 0 spiro atoms. The summed E-state index contributed by atoms with van der Waals surface area (Å²) in [6.45, 7) is 0. The third-order valence-corrected chi connectivity index (χ3v) is 4.74. The predicted molar refractivity (Wildman–Crippen MR) is 82.0 cm³/mol. The second-order valence-corrected chi connectivity index (χ2v) is 7.41. The second kappa shape index (κ2) is 5.18. The summed E-state index contributed by atoms with van der Waals surface area (Å²) in [6.07, 6.45) is 1.89. The number of benzene rings is 2. The molecule has 2 nitrogen and oxygen atoms in total. The van der Waals surface area contributed by atoms with Crippen molar-refractivity contribution in [3.05, 3.63) is 58.2 Å². The average molecular weight is 356 g/mol. The van der Waals surface area contributed by atoms with E-state index in [-0.39, 0.29) is 0 Å². The van der Waals surface area contributed by atoms with Crippen LogP contribution in [0.15, 0.2) is 63.9 Å². The van der Waals surface area contributed by atoms with Crippen LogP contribution in [-0.4, -0.2) is 6.26 Å². The van der Waals surface area contributed by atoms with E-state index in [9.17, 15) is 0 Å². The van der Waals surface area contributed by atoms with E-state index in [4.69, 9.17) is 4.78 Å². The third-order valence-electron chi connectivity index (χ3n) is 2.30. The lowest BCUT2D eigenvalue weighted by Gasteiger charge is -2.07. The van der Waals surface area contributed by atoms with Crippen molar-refractivity contribution < 1.29 is 0 Å². The highest BCUT2D eigenvalue weighted by Gasteiger charge is 2.01. The van der Waals surface area contributed by atoms with E-state index in [1.165, 1.54) is 0 Å². The van der Waals surface area contributed by atoms with E-state index in [0.717, 1.165) is 14.2 Å². The summed E-state index contributed by atoms with van der Waals surface area (Å²) in [7, 11) is -1.86. The van der Waals surface area contributed by atoms with E-state index in [0.29, 0.717) is 0 Å². The molecule has 2 aromatic rings. The summed E-state index contributed by atoms with van der Waals surface area (Å²) in [6, 6.07) is 17.8. The van der Waals surface area contributed by atoms with Crippen LogP contribution in [0.4, 0.5) is 5.69 Å². The van der Waals surface area contributed by atoms with Crippen LogP contribution in [0.5, 0.6) is 0 Å². The van der Waals surface area contributed by atoms with E-state index in [1.807, 2.05) is 60.9 Å². The number of nitrogens with zero attached hydrogens (tertiary/aromatic N) is 1. The van der Waals surface area contributed by atoms with Gasteiger partial charge >= 0.3 is 0 Å². The number of nitrogens with one attached hydrogen (secondary N) is 1. The maximum Gasteiger partial charge on any atom is 0.0727 e. The van der Waals surface area contributed by atoms with Gasteiger partial charge in [0.25, 0.3) is 0 Å². The fourth-order valence-electron chi connectivity index (χ4n) is 1.48. The van der Waals surface area contributed by atoms with Gasteiger partial charge in [-0.1, -0.05) is 24.3 Å². The summed E-state index contributed by atoms with van der Waals surface area (Å²) >= 11 is 2.26. The molecule has 0 aromatic heterocycles. The second-order valence-electron chi connectivity index (χ2n) is 3.76. The van der Waals surface area contributed by atoms with Crippen molar-refractivity contribution in [3.8, 4) is 0 Å². The van der Waals surface area contributed by atoms with Gasteiger partial charge < -0.3 is 0 Å². The highest BCUT2D eigenvalue weighted by molar-refractivity contribution is 14.1. The minimum Gasteiger partial charge on any atom is -0.266 e. The highest BCUT2D eigenvalue weighted by atomic mass is 127. The van der Waals surface area contributed by atoms with Crippen LogP contribution in [0.2, 0.25) is 0 Å². The zero-order valence-electron chi connectivity index (χ0n) is 9.43. The lowest BCUT2D eigenvalue weighted by atomic mass is 10.3. The van der Waals surface area contributed by atoms with E-state index in [2.05, 4.69) is 27.0 Å². The number of hydrogen-bond donors (Lipinski definition) is 1. The molecule has 2 rings (SSSR count). The maximum absolute atomic E-state index is 8.39. The van der Waals surface area contributed by atoms with Gasteiger partial charge in [0.15, 0.2) is 0 Å². The minimum absolute atomic E-state index is 0.883. The van der Waals surface area contributed by atoms with Crippen molar-refractivity contribution in [2.45, 2.75) is 4.90 Å². The van der Waals surface area contributed by atoms with E-state index >= 15 is 0 Å². The van der Waals surface area contributed by atoms with Crippen LogP contribution in [0.1, 0.15) is 0 Å². The van der Waals surface area contributed by atoms with Crippen LogP contribution in [-0.2, 0) is 9.62 Å². The lowest BCUT2D eigenvalue weighted by Crippen LogP contribution is -1.93. The van der Waals surface area contributed by atoms with Crippen LogP contribution < -0.4 is 0 Å². The Kier molecular flexibility index (Phi) is 3.83. The molecule has 88 valence electrons. The molecule has 1 N–H and O–H groups in total. The van der Waals surface area contributed by atoms with Crippen LogP contribution in [0, 0.1) is 8.35 Å². The monoisotopic (exact) mass is 356 g/mol. The van der Waals surface area contributed by atoms with Crippen molar-refractivity contribution >= 4 is 37.9 Å². The normalized spacial score (nSPS) is 14.0.